The summed E-state index contributed by atoms with van der Waals surface area (Å²) < 4.78 is 31.3. The van der Waals surface area contributed by atoms with Crippen molar-refractivity contribution in [2.75, 3.05) is 29.5 Å². The van der Waals surface area contributed by atoms with Gasteiger partial charge in [0.05, 0.1) is 19.1 Å². The van der Waals surface area contributed by atoms with E-state index in [1.54, 1.807) is 19.2 Å². The molecule has 0 bridgehead atoms. The molecule has 0 spiro atoms. The normalized spacial score (nSPS) is 20.7. The van der Waals surface area contributed by atoms with E-state index < -0.39 is 16.1 Å². The van der Waals surface area contributed by atoms with E-state index in [-0.39, 0.29) is 29.6 Å². The molecule has 1 saturated carbocycles. The molecule has 2 unspecified atom stereocenters. The van der Waals surface area contributed by atoms with Crippen LogP contribution >= 0.6 is 0 Å². The van der Waals surface area contributed by atoms with Gasteiger partial charge in [0.1, 0.15) is 5.75 Å². The van der Waals surface area contributed by atoms with E-state index in [9.17, 15) is 18.0 Å². The average molecular weight is 486 g/mol. The highest BCUT2D eigenvalue weighted by Crippen LogP contribution is 2.58. The van der Waals surface area contributed by atoms with Crippen LogP contribution in [-0.4, -0.2) is 40.3 Å². The number of imide groups is 1. The molecule has 1 saturated heterocycles. The lowest BCUT2D eigenvalue weighted by Crippen LogP contribution is -2.50. The lowest BCUT2D eigenvalue weighted by Gasteiger charge is -2.30. The summed E-state index contributed by atoms with van der Waals surface area (Å²) >= 11 is 0. The van der Waals surface area contributed by atoms with E-state index >= 15 is 0 Å². The molecule has 1 aliphatic heterocycles. The highest BCUT2D eigenvalue weighted by Gasteiger charge is 2.43. The Morgan fingerprint density at radius 2 is 1.76 bits per heavy atom. The number of carbonyl (C=O) groups excluding carboxylic acids is 2. The Balaban J connectivity index is 1.71. The molecular weight excluding hydrogens is 454 g/mol. The number of methoxy groups -OCH3 is 1. The molecule has 2 aromatic carbocycles. The number of benzene rings is 2. The Bertz CT molecular complexity index is 1220. The van der Waals surface area contributed by atoms with Gasteiger partial charge in [-0.05, 0) is 53.5 Å². The van der Waals surface area contributed by atoms with Gasteiger partial charge in [0.2, 0.25) is 15.9 Å². The molecule has 9 heteroatoms. The van der Waals surface area contributed by atoms with Crippen molar-refractivity contribution in [2.24, 2.45) is 0 Å². The summed E-state index contributed by atoms with van der Waals surface area (Å²) in [5.74, 6) is 0.952. The van der Waals surface area contributed by atoms with Crippen LogP contribution in [0.25, 0.3) is 0 Å². The topological polar surface area (TPSA) is 105 Å². The summed E-state index contributed by atoms with van der Waals surface area (Å²) in [6.45, 7) is 6.58. The molecule has 2 atom stereocenters. The number of hydrogen-bond donors (Lipinski definition) is 2. The molecule has 2 aromatic rings. The zero-order valence-corrected chi connectivity index (χ0v) is 21.0. The first-order chi connectivity index (χ1) is 15.9. The highest BCUT2D eigenvalue weighted by molar-refractivity contribution is 7.92. The molecule has 182 valence electrons. The summed E-state index contributed by atoms with van der Waals surface area (Å²) in [5, 5.41) is 2.75. The van der Waals surface area contributed by atoms with Crippen molar-refractivity contribution in [3.8, 4) is 5.75 Å². The molecule has 2 N–H and O–H groups in total. The summed E-state index contributed by atoms with van der Waals surface area (Å²) in [7, 11) is -1.68. The van der Waals surface area contributed by atoms with E-state index in [0.717, 1.165) is 35.1 Å². The van der Waals surface area contributed by atoms with E-state index in [1.807, 2.05) is 24.3 Å². The third-order valence-corrected chi connectivity index (χ3v) is 6.88. The van der Waals surface area contributed by atoms with Gasteiger partial charge in [0.15, 0.2) is 0 Å². The molecule has 1 aliphatic carbocycles. The van der Waals surface area contributed by atoms with Gasteiger partial charge >= 0.3 is 6.03 Å². The van der Waals surface area contributed by atoms with Crippen molar-refractivity contribution in [2.45, 2.75) is 50.9 Å². The Hall–Kier alpha value is -3.07. The summed E-state index contributed by atoms with van der Waals surface area (Å²) in [6.07, 6.45) is 2.28. The predicted octanol–water partition coefficient (Wildman–Crippen LogP) is 4.08. The number of urea groups is 1. The van der Waals surface area contributed by atoms with Crippen LogP contribution in [-0.2, 0) is 20.2 Å². The van der Waals surface area contributed by atoms with Gasteiger partial charge < -0.3 is 10.1 Å². The Labute approximate surface area is 200 Å². The minimum Gasteiger partial charge on any atom is -0.496 e. The largest absolute Gasteiger partial charge is 0.496 e. The summed E-state index contributed by atoms with van der Waals surface area (Å²) in [6, 6.07) is 10.8. The van der Waals surface area contributed by atoms with Crippen LogP contribution < -0.4 is 19.7 Å². The maximum absolute atomic E-state index is 12.6. The van der Waals surface area contributed by atoms with Crippen molar-refractivity contribution in [3.05, 3.63) is 53.1 Å². The summed E-state index contributed by atoms with van der Waals surface area (Å²) in [5.41, 5.74) is 3.82. The van der Waals surface area contributed by atoms with Crippen molar-refractivity contribution < 1.29 is 22.7 Å². The number of nitrogens with one attached hydrogen (secondary N) is 2. The van der Waals surface area contributed by atoms with Gasteiger partial charge in [-0.3, -0.25) is 9.52 Å². The van der Waals surface area contributed by atoms with Crippen LogP contribution in [0.2, 0.25) is 0 Å². The molecule has 4 rings (SSSR count). The fourth-order valence-corrected chi connectivity index (χ4v) is 5.15. The Kier molecular flexibility index (Phi) is 6.10. The quantitative estimate of drug-likeness (QED) is 0.642. The molecule has 1 heterocycles. The number of nitrogens with zero attached hydrogens (tertiary/aromatic N) is 1. The Morgan fingerprint density at radius 3 is 2.32 bits per heavy atom. The second kappa shape index (κ2) is 8.61. The smallest absolute Gasteiger partial charge is 0.328 e. The molecule has 2 fully saturated rings. The van der Waals surface area contributed by atoms with E-state index in [2.05, 4.69) is 30.8 Å². The minimum absolute atomic E-state index is 0.160. The first kappa shape index (κ1) is 24.1. The van der Waals surface area contributed by atoms with Crippen LogP contribution in [0.5, 0.6) is 5.75 Å². The van der Waals surface area contributed by atoms with Crippen LogP contribution in [0, 0.1) is 0 Å². The number of ether oxygens (including phenoxy) is 1. The highest BCUT2D eigenvalue weighted by atomic mass is 32.2. The fraction of sp³-hybridized carbons (Fsp3) is 0.440. The second-order valence-electron chi connectivity index (χ2n) is 10.0. The van der Waals surface area contributed by atoms with Crippen molar-refractivity contribution in [1.82, 2.24) is 5.32 Å². The zero-order chi connectivity index (χ0) is 24.8. The monoisotopic (exact) mass is 485 g/mol. The lowest BCUT2D eigenvalue weighted by atomic mass is 9.83. The summed E-state index contributed by atoms with van der Waals surface area (Å²) in [4.78, 5) is 26.4. The van der Waals surface area contributed by atoms with E-state index in [1.165, 1.54) is 4.90 Å². The van der Waals surface area contributed by atoms with Gasteiger partial charge in [-0.1, -0.05) is 32.9 Å². The van der Waals surface area contributed by atoms with Gasteiger partial charge in [0.25, 0.3) is 0 Å². The second-order valence-corrected chi connectivity index (χ2v) is 11.8. The maximum atomic E-state index is 12.6. The fourth-order valence-electron chi connectivity index (χ4n) is 4.59. The third-order valence-electron chi connectivity index (χ3n) is 6.27. The lowest BCUT2D eigenvalue weighted by molar-refractivity contribution is -0.118. The molecule has 3 amide bonds. The van der Waals surface area contributed by atoms with Crippen LogP contribution in [0.4, 0.5) is 16.2 Å². The van der Waals surface area contributed by atoms with Gasteiger partial charge in [0, 0.05) is 29.8 Å². The number of sulfonamides is 1. The van der Waals surface area contributed by atoms with Crippen LogP contribution in [0.1, 0.15) is 62.1 Å². The van der Waals surface area contributed by atoms with Crippen molar-refractivity contribution in [1.29, 1.82) is 0 Å². The van der Waals surface area contributed by atoms with Crippen LogP contribution in [0.15, 0.2) is 36.4 Å². The molecule has 8 nitrogen and oxygen atoms in total. The van der Waals surface area contributed by atoms with E-state index in [4.69, 9.17) is 4.74 Å². The molecular formula is C25H31N3O5S. The first-order valence-electron chi connectivity index (χ1n) is 11.3. The maximum Gasteiger partial charge on any atom is 0.328 e. The third kappa shape index (κ3) is 4.89. The standard InChI is InChI=1S/C25H31N3O5S/c1-25(2,3)21-13-17(28-22(29)10-11-26-24(28)30)12-20(23(21)33-4)19-14-18(19)15-6-8-16(9-7-15)27-34(5,31)32/h6-9,12-13,18-19,27H,10-11,14H2,1-5H3,(H,26,30). The molecule has 34 heavy (non-hydrogen) atoms. The first-order valence-corrected chi connectivity index (χ1v) is 13.2. The van der Waals surface area contributed by atoms with Gasteiger partial charge in [-0.15, -0.1) is 0 Å². The van der Waals surface area contributed by atoms with Crippen molar-refractivity contribution in [3.63, 3.8) is 0 Å². The number of hydrogen-bond acceptors (Lipinski definition) is 5. The Morgan fingerprint density at radius 1 is 1.09 bits per heavy atom. The number of rotatable bonds is 6. The molecule has 0 radical (unpaired) electrons. The minimum atomic E-state index is -3.33. The predicted molar refractivity (Wildman–Crippen MR) is 132 cm³/mol. The van der Waals surface area contributed by atoms with Gasteiger partial charge in [-0.25, -0.2) is 18.1 Å². The zero-order valence-electron chi connectivity index (χ0n) is 20.1. The van der Waals surface area contributed by atoms with Crippen molar-refractivity contribution >= 4 is 33.3 Å². The number of carbonyl (C=O) groups is 2. The van der Waals surface area contributed by atoms with Gasteiger partial charge in [-0.2, -0.15) is 0 Å². The average Bonchev–Trinajstić information content (AvgIpc) is 3.52. The molecule has 2 aliphatic rings. The number of anilines is 2. The SMILES string of the molecule is COc1c(C2CC2c2ccc(NS(C)(=O)=O)cc2)cc(N2C(=O)CCNC2=O)cc1C(C)(C)C. The van der Waals surface area contributed by atoms with E-state index in [0.29, 0.717) is 17.9 Å². The molecule has 0 aromatic heterocycles. The van der Waals surface area contributed by atoms with Crippen LogP contribution in [0.3, 0.4) is 0 Å². The number of amides is 3.